The van der Waals surface area contributed by atoms with Crippen LogP contribution in [0.3, 0.4) is 0 Å². The topological polar surface area (TPSA) is 187 Å². The quantitative estimate of drug-likeness (QED) is 0.0852. The molecule has 12 heteroatoms. The molecule has 2 saturated carbocycles. The molecule has 0 radical (unpaired) electrons. The number of aliphatic hydroxyl groups excluding tert-OH is 2. The molecular formula is C39H54N8O4. The summed E-state index contributed by atoms with van der Waals surface area (Å²) < 4.78 is 12.0. The first-order valence-corrected chi connectivity index (χ1v) is 18.3. The van der Waals surface area contributed by atoms with Crippen LogP contribution < -0.4 is 31.6 Å². The Balaban J connectivity index is 0.000000198. The van der Waals surface area contributed by atoms with Gasteiger partial charge in [-0.15, -0.1) is 0 Å². The standard InChI is InChI=1S/C20H28N4O2.C19H26N4O2/c1-2-3-4-14-5-11-17(12-6-14)26-18-13-22-20(21)24-19(18)23-15-7-9-16(25)10-8-15;1-12(2)13-3-9-16(10-4-13)25-17-11-21-19(20)23-18(17)22-14-5-7-15(24)8-6-14/h5-6,11-13,15-16,25H,2-4,7-10H2,1H3,(H3,21,22,23,24);3-4,9-12,14-15,24H,5-8H2,1-2H3,(H3,20,21,22,23). The number of nitrogens with zero attached hydrogens (tertiary/aromatic N) is 4. The van der Waals surface area contributed by atoms with Crippen LogP contribution in [0.5, 0.6) is 23.0 Å². The molecule has 2 aromatic heterocycles. The van der Waals surface area contributed by atoms with Crippen molar-refractivity contribution in [2.24, 2.45) is 0 Å². The zero-order chi connectivity index (χ0) is 36.2. The summed E-state index contributed by atoms with van der Waals surface area (Å²) >= 11 is 0. The van der Waals surface area contributed by atoms with Crippen LogP contribution in [0.25, 0.3) is 0 Å². The molecule has 0 aliphatic heterocycles. The molecule has 0 saturated heterocycles. The van der Waals surface area contributed by atoms with Crippen molar-refractivity contribution in [3.8, 4) is 23.0 Å². The van der Waals surface area contributed by atoms with Gasteiger partial charge >= 0.3 is 0 Å². The molecule has 2 aliphatic carbocycles. The van der Waals surface area contributed by atoms with Gasteiger partial charge in [-0.25, -0.2) is 9.97 Å². The molecule has 2 fully saturated rings. The third-order valence-electron chi connectivity index (χ3n) is 9.37. The second-order valence-corrected chi connectivity index (χ2v) is 13.9. The van der Waals surface area contributed by atoms with Gasteiger partial charge in [-0.2, -0.15) is 9.97 Å². The van der Waals surface area contributed by atoms with E-state index in [0.717, 1.165) is 69.3 Å². The minimum Gasteiger partial charge on any atom is -0.452 e. The van der Waals surface area contributed by atoms with Crippen LogP contribution in [0.2, 0.25) is 0 Å². The number of anilines is 4. The first kappa shape index (κ1) is 37.6. The van der Waals surface area contributed by atoms with Gasteiger partial charge in [0.1, 0.15) is 11.5 Å². The SMILES string of the molecule is CC(C)c1ccc(Oc2cnc(N)nc2NC2CCC(O)CC2)cc1.CCCCc1ccc(Oc2cnc(N)nc2NC2CCC(O)CC2)cc1. The van der Waals surface area contributed by atoms with Crippen molar-refractivity contribution < 1.29 is 19.7 Å². The van der Waals surface area contributed by atoms with E-state index in [0.29, 0.717) is 29.1 Å². The Morgan fingerprint density at radius 2 is 1.12 bits per heavy atom. The second kappa shape index (κ2) is 18.5. The lowest BCUT2D eigenvalue weighted by Crippen LogP contribution is -2.28. The highest BCUT2D eigenvalue weighted by atomic mass is 16.5. The number of benzene rings is 2. The summed E-state index contributed by atoms with van der Waals surface area (Å²) in [4.78, 5) is 16.7. The molecule has 0 unspecified atom stereocenters. The average molecular weight is 699 g/mol. The smallest absolute Gasteiger partial charge is 0.222 e. The summed E-state index contributed by atoms with van der Waals surface area (Å²) in [7, 11) is 0. The van der Waals surface area contributed by atoms with Gasteiger partial charge in [0.2, 0.25) is 11.9 Å². The first-order valence-electron chi connectivity index (χ1n) is 18.3. The Hall–Kier alpha value is -4.68. The molecule has 51 heavy (non-hydrogen) atoms. The number of nitrogens with one attached hydrogen (secondary N) is 2. The van der Waals surface area contributed by atoms with Crippen LogP contribution in [-0.2, 0) is 6.42 Å². The maximum atomic E-state index is 9.66. The Morgan fingerprint density at radius 1 is 0.686 bits per heavy atom. The highest BCUT2D eigenvalue weighted by Crippen LogP contribution is 2.33. The van der Waals surface area contributed by atoms with Crippen molar-refractivity contribution in [1.82, 2.24) is 19.9 Å². The Morgan fingerprint density at radius 3 is 1.53 bits per heavy atom. The summed E-state index contributed by atoms with van der Waals surface area (Å²) in [6.45, 7) is 6.51. The predicted molar refractivity (Wildman–Crippen MR) is 202 cm³/mol. The summed E-state index contributed by atoms with van der Waals surface area (Å²) in [6.07, 6.45) is 13.1. The molecule has 2 aliphatic rings. The van der Waals surface area contributed by atoms with Gasteiger partial charge in [0.05, 0.1) is 24.6 Å². The van der Waals surface area contributed by atoms with Gasteiger partial charge in [0.15, 0.2) is 23.1 Å². The van der Waals surface area contributed by atoms with Crippen LogP contribution in [0.1, 0.15) is 102 Å². The first-order chi connectivity index (χ1) is 24.6. The van der Waals surface area contributed by atoms with Crippen molar-refractivity contribution in [1.29, 1.82) is 0 Å². The largest absolute Gasteiger partial charge is 0.452 e. The van der Waals surface area contributed by atoms with Crippen molar-refractivity contribution in [3.63, 3.8) is 0 Å². The van der Waals surface area contributed by atoms with E-state index in [1.54, 1.807) is 12.4 Å². The van der Waals surface area contributed by atoms with Gasteiger partial charge in [0, 0.05) is 12.1 Å². The van der Waals surface area contributed by atoms with Crippen LogP contribution in [0.15, 0.2) is 60.9 Å². The lowest BCUT2D eigenvalue weighted by Gasteiger charge is -2.27. The maximum absolute atomic E-state index is 9.66. The fourth-order valence-corrected chi connectivity index (χ4v) is 6.23. The van der Waals surface area contributed by atoms with Crippen LogP contribution in [-0.4, -0.2) is 54.4 Å². The molecule has 8 N–H and O–H groups in total. The van der Waals surface area contributed by atoms with E-state index in [2.05, 4.69) is 75.6 Å². The molecule has 6 rings (SSSR count). The molecule has 2 aromatic carbocycles. The molecule has 0 amide bonds. The average Bonchev–Trinajstić information content (AvgIpc) is 3.13. The number of hydrogen-bond acceptors (Lipinski definition) is 12. The Bertz CT molecular complexity index is 1640. The third-order valence-corrected chi connectivity index (χ3v) is 9.37. The zero-order valence-corrected chi connectivity index (χ0v) is 30.1. The van der Waals surface area contributed by atoms with Gasteiger partial charge in [-0.05, 0) is 106 Å². The fraction of sp³-hybridized carbons (Fsp3) is 0.487. The van der Waals surface area contributed by atoms with Crippen LogP contribution in [0, 0.1) is 0 Å². The zero-order valence-electron chi connectivity index (χ0n) is 30.1. The Labute approximate surface area is 301 Å². The van der Waals surface area contributed by atoms with Gasteiger partial charge in [-0.3, -0.25) is 0 Å². The number of unbranched alkanes of at least 4 members (excludes halogenated alkanes) is 1. The van der Waals surface area contributed by atoms with E-state index in [9.17, 15) is 10.2 Å². The highest BCUT2D eigenvalue weighted by Gasteiger charge is 2.23. The number of rotatable bonds is 12. The van der Waals surface area contributed by atoms with Gasteiger partial charge < -0.3 is 41.8 Å². The van der Waals surface area contributed by atoms with E-state index in [4.69, 9.17) is 20.9 Å². The van der Waals surface area contributed by atoms with E-state index in [1.807, 2.05) is 24.3 Å². The van der Waals surface area contributed by atoms with Crippen LogP contribution >= 0.6 is 0 Å². The minimum atomic E-state index is -0.191. The Kier molecular flexibility index (Phi) is 13.6. The fourth-order valence-electron chi connectivity index (χ4n) is 6.23. The predicted octanol–water partition coefficient (Wildman–Crippen LogP) is 7.60. The van der Waals surface area contributed by atoms with E-state index >= 15 is 0 Å². The number of aromatic nitrogens is 4. The van der Waals surface area contributed by atoms with Gasteiger partial charge in [-0.1, -0.05) is 51.5 Å². The number of nitrogens with two attached hydrogens (primary N) is 2. The number of aryl methyl sites for hydroxylation is 1. The molecule has 274 valence electrons. The van der Waals surface area contributed by atoms with Crippen molar-refractivity contribution in [2.45, 2.75) is 122 Å². The molecule has 0 atom stereocenters. The lowest BCUT2D eigenvalue weighted by atomic mass is 9.93. The number of ether oxygens (including phenoxy) is 2. The molecule has 12 nitrogen and oxygen atoms in total. The molecular weight excluding hydrogens is 644 g/mol. The van der Waals surface area contributed by atoms with Crippen LogP contribution in [0.4, 0.5) is 23.5 Å². The van der Waals surface area contributed by atoms with Crippen molar-refractivity contribution in [3.05, 3.63) is 72.1 Å². The van der Waals surface area contributed by atoms with Gasteiger partial charge in [0.25, 0.3) is 0 Å². The molecule has 0 bridgehead atoms. The minimum absolute atomic E-state index is 0.189. The molecule has 2 heterocycles. The van der Waals surface area contributed by atoms with E-state index in [-0.39, 0.29) is 36.2 Å². The number of hydrogen-bond donors (Lipinski definition) is 6. The number of aliphatic hydroxyl groups is 2. The van der Waals surface area contributed by atoms with Crippen molar-refractivity contribution in [2.75, 3.05) is 22.1 Å². The summed E-state index contributed by atoms with van der Waals surface area (Å²) in [5, 5.41) is 26.1. The molecule has 0 spiro atoms. The normalized spacial score (nSPS) is 20.2. The van der Waals surface area contributed by atoms with Crippen molar-refractivity contribution >= 4 is 23.5 Å². The summed E-state index contributed by atoms with van der Waals surface area (Å²) in [5.41, 5.74) is 14.1. The van der Waals surface area contributed by atoms with E-state index in [1.165, 1.54) is 24.0 Å². The van der Waals surface area contributed by atoms with E-state index < -0.39 is 0 Å². The second-order valence-electron chi connectivity index (χ2n) is 13.9. The summed E-state index contributed by atoms with van der Waals surface area (Å²) in [6, 6.07) is 16.7. The monoisotopic (exact) mass is 698 g/mol. The lowest BCUT2D eigenvalue weighted by molar-refractivity contribution is 0.125. The highest BCUT2D eigenvalue weighted by molar-refractivity contribution is 5.54. The third kappa shape index (κ3) is 11.7. The number of nitrogen functional groups attached to an aromatic ring is 2. The maximum Gasteiger partial charge on any atom is 0.222 e. The summed E-state index contributed by atoms with van der Waals surface area (Å²) in [5.74, 6) is 4.71. The molecule has 4 aromatic rings.